The van der Waals surface area contributed by atoms with Crippen molar-refractivity contribution in [1.82, 2.24) is 0 Å². The van der Waals surface area contributed by atoms with Gasteiger partial charge in [-0.25, -0.2) is 0 Å². The van der Waals surface area contributed by atoms with Gasteiger partial charge in [-0.1, -0.05) is 0 Å². The maximum atomic E-state index is 6.08. The van der Waals surface area contributed by atoms with E-state index in [1.54, 1.807) is 24.7 Å². The molecule has 2 heterocycles. The standard InChI is InChI=1S/C11H13NO2S/c1-13-10-4-6-15-11(10)9(12)7-8-3-2-5-14-8/h2-6,9H,7,12H2,1H3. The predicted octanol–water partition coefficient (Wildman–Crippen LogP) is 2.59. The van der Waals surface area contributed by atoms with Gasteiger partial charge in [-0.05, 0) is 23.6 Å². The van der Waals surface area contributed by atoms with Crippen molar-refractivity contribution in [2.24, 2.45) is 5.73 Å². The van der Waals surface area contributed by atoms with Gasteiger partial charge in [-0.2, -0.15) is 0 Å². The molecule has 0 radical (unpaired) electrons. The lowest BCUT2D eigenvalue weighted by Gasteiger charge is -2.09. The second-order valence-corrected chi connectivity index (χ2v) is 4.19. The van der Waals surface area contributed by atoms with Crippen LogP contribution >= 0.6 is 11.3 Å². The van der Waals surface area contributed by atoms with Gasteiger partial charge in [0.15, 0.2) is 0 Å². The first kappa shape index (κ1) is 10.3. The zero-order valence-electron chi connectivity index (χ0n) is 8.47. The third-order valence-corrected chi connectivity index (χ3v) is 3.25. The topological polar surface area (TPSA) is 48.4 Å². The van der Waals surface area contributed by atoms with E-state index in [4.69, 9.17) is 14.9 Å². The molecule has 0 aliphatic rings. The third kappa shape index (κ3) is 2.22. The van der Waals surface area contributed by atoms with E-state index in [0.717, 1.165) is 16.4 Å². The van der Waals surface area contributed by atoms with Gasteiger partial charge in [0, 0.05) is 12.5 Å². The molecule has 0 bridgehead atoms. The number of furan rings is 1. The van der Waals surface area contributed by atoms with Crippen LogP contribution in [0.1, 0.15) is 16.7 Å². The predicted molar refractivity (Wildman–Crippen MR) is 60.2 cm³/mol. The third-order valence-electron chi connectivity index (χ3n) is 2.22. The molecule has 0 saturated heterocycles. The number of rotatable bonds is 4. The highest BCUT2D eigenvalue weighted by Crippen LogP contribution is 2.31. The molecule has 4 heteroatoms. The lowest BCUT2D eigenvalue weighted by molar-refractivity contribution is 0.406. The fraction of sp³-hybridized carbons (Fsp3) is 0.273. The summed E-state index contributed by atoms with van der Waals surface area (Å²) in [7, 11) is 1.66. The van der Waals surface area contributed by atoms with Crippen molar-refractivity contribution in [1.29, 1.82) is 0 Å². The molecule has 0 aliphatic carbocycles. The monoisotopic (exact) mass is 223 g/mol. The maximum absolute atomic E-state index is 6.08. The Balaban J connectivity index is 2.11. The van der Waals surface area contributed by atoms with Gasteiger partial charge < -0.3 is 14.9 Å². The molecule has 0 amide bonds. The second-order valence-electron chi connectivity index (χ2n) is 3.24. The number of nitrogens with two attached hydrogens (primary N) is 1. The van der Waals surface area contributed by atoms with Crippen LogP contribution in [0.4, 0.5) is 0 Å². The summed E-state index contributed by atoms with van der Waals surface area (Å²) in [6.07, 6.45) is 2.36. The van der Waals surface area contributed by atoms with Gasteiger partial charge in [0.2, 0.25) is 0 Å². The molecule has 2 aromatic heterocycles. The van der Waals surface area contributed by atoms with Crippen molar-refractivity contribution in [3.8, 4) is 5.75 Å². The molecule has 2 aromatic rings. The van der Waals surface area contributed by atoms with Gasteiger partial charge >= 0.3 is 0 Å². The quantitative estimate of drug-likeness (QED) is 0.866. The number of thiophene rings is 1. The second kappa shape index (κ2) is 4.51. The lowest BCUT2D eigenvalue weighted by Crippen LogP contribution is -2.12. The van der Waals surface area contributed by atoms with Crippen molar-refractivity contribution in [2.75, 3.05) is 7.11 Å². The van der Waals surface area contributed by atoms with E-state index in [-0.39, 0.29) is 6.04 Å². The van der Waals surface area contributed by atoms with Gasteiger partial charge in [-0.3, -0.25) is 0 Å². The Hall–Kier alpha value is -1.26. The Kier molecular flexibility index (Phi) is 3.08. The highest BCUT2D eigenvalue weighted by atomic mass is 32.1. The van der Waals surface area contributed by atoms with Crippen LogP contribution in [0.15, 0.2) is 34.3 Å². The summed E-state index contributed by atoms with van der Waals surface area (Å²) in [4.78, 5) is 1.06. The van der Waals surface area contributed by atoms with E-state index < -0.39 is 0 Å². The Morgan fingerprint density at radius 2 is 2.40 bits per heavy atom. The molecule has 0 saturated carbocycles. The van der Waals surface area contributed by atoms with Crippen molar-refractivity contribution in [2.45, 2.75) is 12.5 Å². The molecule has 0 spiro atoms. The summed E-state index contributed by atoms with van der Waals surface area (Å²) >= 11 is 1.61. The minimum Gasteiger partial charge on any atom is -0.496 e. The molecule has 0 fully saturated rings. The smallest absolute Gasteiger partial charge is 0.134 e. The van der Waals surface area contributed by atoms with E-state index in [0.29, 0.717) is 6.42 Å². The molecule has 80 valence electrons. The van der Waals surface area contributed by atoms with Crippen LogP contribution in [0.25, 0.3) is 0 Å². The average molecular weight is 223 g/mol. The summed E-state index contributed by atoms with van der Waals surface area (Å²) in [5, 5.41) is 1.98. The first-order valence-corrected chi connectivity index (χ1v) is 5.58. The molecule has 2 rings (SSSR count). The molecule has 2 N–H and O–H groups in total. The summed E-state index contributed by atoms with van der Waals surface area (Å²) in [5.41, 5.74) is 6.08. The summed E-state index contributed by atoms with van der Waals surface area (Å²) in [6.45, 7) is 0. The maximum Gasteiger partial charge on any atom is 0.134 e. The molecule has 1 atom stereocenters. The molecule has 1 unspecified atom stereocenters. The van der Waals surface area contributed by atoms with Crippen molar-refractivity contribution in [3.05, 3.63) is 40.5 Å². The Labute approximate surface area is 92.5 Å². The van der Waals surface area contributed by atoms with Crippen molar-refractivity contribution in [3.63, 3.8) is 0 Å². The van der Waals surface area contributed by atoms with E-state index in [9.17, 15) is 0 Å². The number of methoxy groups -OCH3 is 1. The minimum atomic E-state index is -0.0638. The summed E-state index contributed by atoms with van der Waals surface area (Å²) in [5.74, 6) is 1.76. The van der Waals surface area contributed by atoms with Crippen molar-refractivity contribution >= 4 is 11.3 Å². The number of ether oxygens (including phenoxy) is 1. The Morgan fingerprint density at radius 1 is 1.53 bits per heavy atom. The first-order valence-electron chi connectivity index (χ1n) is 4.70. The van der Waals surface area contributed by atoms with Crippen LogP contribution in [0.5, 0.6) is 5.75 Å². The molecule has 0 aliphatic heterocycles. The van der Waals surface area contributed by atoms with Crippen LogP contribution in [0.3, 0.4) is 0 Å². The van der Waals surface area contributed by atoms with Gasteiger partial charge in [0.1, 0.15) is 11.5 Å². The van der Waals surface area contributed by atoms with E-state index >= 15 is 0 Å². The Morgan fingerprint density at radius 3 is 3.07 bits per heavy atom. The fourth-order valence-electron chi connectivity index (χ4n) is 1.49. The van der Waals surface area contributed by atoms with Crippen LogP contribution in [0.2, 0.25) is 0 Å². The lowest BCUT2D eigenvalue weighted by atomic mass is 10.1. The Bertz CT molecular complexity index is 408. The van der Waals surface area contributed by atoms with Crippen LogP contribution in [0, 0.1) is 0 Å². The average Bonchev–Trinajstić information content (AvgIpc) is 2.86. The molecule has 0 aromatic carbocycles. The van der Waals surface area contributed by atoms with Crippen LogP contribution in [-0.2, 0) is 6.42 Å². The largest absolute Gasteiger partial charge is 0.496 e. The first-order chi connectivity index (χ1) is 7.31. The highest BCUT2D eigenvalue weighted by Gasteiger charge is 2.14. The zero-order valence-corrected chi connectivity index (χ0v) is 9.29. The van der Waals surface area contributed by atoms with Gasteiger partial charge in [-0.15, -0.1) is 11.3 Å². The summed E-state index contributed by atoms with van der Waals surface area (Å²) < 4.78 is 10.5. The van der Waals surface area contributed by atoms with Crippen molar-refractivity contribution < 1.29 is 9.15 Å². The highest BCUT2D eigenvalue weighted by molar-refractivity contribution is 7.10. The SMILES string of the molecule is COc1ccsc1C(N)Cc1ccco1. The number of hydrogen-bond acceptors (Lipinski definition) is 4. The molecule has 3 nitrogen and oxygen atoms in total. The minimum absolute atomic E-state index is 0.0638. The van der Waals surface area contributed by atoms with E-state index in [2.05, 4.69) is 0 Å². The normalized spacial score (nSPS) is 12.7. The molecular formula is C11H13NO2S. The van der Waals surface area contributed by atoms with Gasteiger partial charge in [0.05, 0.1) is 18.3 Å². The number of hydrogen-bond donors (Lipinski definition) is 1. The summed E-state index contributed by atoms with van der Waals surface area (Å²) in [6, 6.07) is 5.67. The molecular weight excluding hydrogens is 210 g/mol. The van der Waals surface area contributed by atoms with E-state index in [1.807, 2.05) is 23.6 Å². The van der Waals surface area contributed by atoms with Gasteiger partial charge in [0.25, 0.3) is 0 Å². The zero-order chi connectivity index (χ0) is 10.7. The van der Waals surface area contributed by atoms with Crippen LogP contribution in [-0.4, -0.2) is 7.11 Å². The van der Waals surface area contributed by atoms with Crippen LogP contribution < -0.4 is 10.5 Å². The molecule has 15 heavy (non-hydrogen) atoms. The fourth-order valence-corrected chi connectivity index (χ4v) is 2.35. The van der Waals surface area contributed by atoms with E-state index in [1.165, 1.54) is 0 Å².